The fourth-order valence-corrected chi connectivity index (χ4v) is 2.18. The molecule has 0 saturated heterocycles. The van der Waals surface area contributed by atoms with Crippen molar-refractivity contribution >= 4 is 22.4 Å². The number of nitrogens with zero attached hydrogens (tertiary/aromatic N) is 2. The van der Waals surface area contributed by atoms with Crippen molar-refractivity contribution in [2.45, 2.75) is 6.54 Å². The van der Waals surface area contributed by atoms with Crippen LogP contribution in [-0.2, 0) is 6.54 Å². The van der Waals surface area contributed by atoms with Crippen LogP contribution in [0.25, 0.3) is 10.9 Å². The Bertz CT molecular complexity index is 773. The summed E-state index contributed by atoms with van der Waals surface area (Å²) in [4.78, 5) is 8.54. The van der Waals surface area contributed by atoms with Gasteiger partial charge in [-0.25, -0.2) is 9.97 Å². The number of ether oxygens (including phenoxy) is 1. The van der Waals surface area contributed by atoms with Crippen LogP contribution in [0, 0.1) is 0 Å². The number of fused-ring (bicyclic) bond motifs is 1. The van der Waals surface area contributed by atoms with Crippen LogP contribution in [0.3, 0.4) is 0 Å². The number of anilines is 2. The molecule has 0 unspecified atom stereocenters. The summed E-state index contributed by atoms with van der Waals surface area (Å²) in [5.41, 5.74) is 8.52. The molecule has 0 radical (unpaired) electrons. The Hall–Kier alpha value is -2.82. The number of rotatable bonds is 4. The second-order valence-electron chi connectivity index (χ2n) is 4.70. The van der Waals surface area contributed by atoms with Crippen LogP contribution in [0.15, 0.2) is 48.8 Å². The van der Waals surface area contributed by atoms with E-state index in [2.05, 4.69) is 15.3 Å². The van der Waals surface area contributed by atoms with Gasteiger partial charge < -0.3 is 15.8 Å². The quantitative estimate of drug-likeness (QED) is 0.719. The summed E-state index contributed by atoms with van der Waals surface area (Å²) in [6.07, 6.45) is 1.55. The second kappa shape index (κ2) is 5.66. The third kappa shape index (κ3) is 2.86. The summed E-state index contributed by atoms with van der Waals surface area (Å²) < 4.78 is 5.22. The van der Waals surface area contributed by atoms with Gasteiger partial charge in [0, 0.05) is 17.6 Å². The van der Waals surface area contributed by atoms with Crippen molar-refractivity contribution in [3.63, 3.8) is 0 Å². The predicted octanol–water partition coefficient (Wildman–Crippen LogP) is 2.83. The van der Waals surface area contributed by atoms with E-state index in [1.807, 2.05) is 42.5 Å². The Balaban J connectivity index is 1.86. The molecule has 106 valence electrons. The van der Waals surface area contributed by atoms with Crippen LogP contribution in [0.4, 0.5) is 11.5 Å². The van der Waals surface area contributed by atoms with E-state index in [1.54, 1.807) is 13.4 Å². The Morgan fingerprint density at radius 2 is 2.05 bits per heavy atom. The molecule has 0 amide bonds. The maximum Gasteiger partial charge on any atom is 0.137 e. The highest BCUT2D eigenvalue weighted by Gasteiger charge is 2.04. The fraction of sp³-hybridized carbons (Fsp3) is 0.125. The van der Waals surface area contributed by atoms with Crippen molar-refractivity contribution < 1.29 is 4.74 Å². The largest absolute Gasteiger partial charge is 0.497 e. The fourth-order valence-electron chi connectivity index (χ4n) is 2.18. The van der Waals surface area contributed by atoms with E-state index in [1.165, 1.54) is 0 Å². The van der Waals surface area contributed by atoms with E-state index in [4.69, 9.17) is 10.5 Å². The highest BCUT2D eigenvalue weighted by Crippen LogP contribution is 2.22. The van der Waals surface area contributed by atoms with Crippen LogP contribution in [0.2, 0.25) is 0 Å². The number of hydrogen-bond donors (Lipinski definition) is 2. The van der Waals surface area contributed by atoms with Gasteiger partial charge in [0.1, 0.15) is 17.9 Å². The summed E-state index contributed by atoms with van der Waals surface area (Å²) >= 11 is 0. The third-order valence-electron chi connectivity index (χ3n) is 3.25. The van der Waals surface area contributed by atoms with Crippen LogP contribution in [0.5, 0.6) is 5.75 Å². The molecule has 1 heterocycles. The average Bonchev–Trinajstić information content (AvgIpc) is 2.53. The molecule has 3 rings (SSSR count). The summed E-state index contributed by atoms with van der Waals surface area (Å²) in [5, 5.41) is 4.24. The molecule has 0 aliphatic heterocycles. The summed E-state index contributed by atoms with van der Waals surface area (Å²) in [5.74, 6) is 1.61. The van der Waals surface area contributed by atoms with Gasteiger partial charge in [-0.05, 0) is 35.9 Å². The summed E-state index contributed by atoms with van der Waals surface area (Å²) in [6, 6.07) is 13.5. The molecule has 2 aromatic carbocycles. The van der Waals surface area contributed by atoms with Gasteiger partial charge in [-0.15, -0.1) is 0 Å². The van der Waals surface area contributed by atoms with Crippen LogP contribution in [0.1, 0.15) is 5.56 Å². The van der Waals surface area contributed by atoms with Gasteiger partial charge in [0.25, 0.3) is 0 Å². The van der Waals surface area contributed by atoms with E-state index in [0.29, 0.717) is 12.2 Å². The Labute approximate surface area is 122 Å². The molecule has 21 heavy (non-hydrogen) atoms. The first-order valence-corrected chi connectivity index (χ1v) is 6.63. The highest BCUT2D eigenvalue weighted by atomic mass is 16.5. The Morgan fingerprint density at radius 3 is 2.90 bits per heavy atom. The Morgan fingerprint density at radius 1 is 1.14 bits per heavy atom. The summed E-state index contributed by atoms with van der Waals surface area (Å²) in [6.45, 7) is 0.651. The lowest BCUT2D eigenvalue weighted by Crippen LogP contribution is -2.03. The summed E-state index contributed by atoms with van der Waals surface area (Å²) in [7, 11) is 1.66. The molecule has 0 atom stereocenters. The van der Waals surface area contributed by atoms with Crippen molar-refractivity contribution in [2.24, 2.45) is 0 Å². The van der Waals surface area contributed by atoms with Gasteiger partial charge >= 0.3 is 0 Å². The van der Waals surface area contributed by atoms with Gasteiger partial charge in [-0.2, -0.15) is 0 Å². The van der Waals surface area contributed by atoms with E-state index in [-0.39, 0.29) is 0 Å². The Kier molecular flexibility index (Phi) is 3.55. The van der Waals surface area contributed by atoms with Crippen molar-refractivity contribution in [3.8, 4) is 5.75 Å². The first-order valence-electron chi connectivity index (χ1n) is 6.63. The standard InChI is InChI=1S/C16H16N4O/c1-21-13-4-2-3-11(7-13)9-18-16-14-8-12(17)5-6-15(14)19-10-20-16/h2-8,10H,9,17H2,1H3,(H,18,19,20). The maximum atomic E-state index is 5.84. The zero-order valence-corrected chi connectivity index (χ0v) is 11.7. The van der Waals surface area contributed by atoms with Crippen LogP contribution in [-0.4, -0.2) is 17.1 Å². The smallest absolute Gasteiger partial charge is 0.137 e. The molecule has 3 N–H and O–H groups in total. The topological polar surface area (TPSA) is 73.1 Å². The number of aromatic nitrogens is 2. The van der Waals surface area contributed by atoms with E-state index >= 15 is 0 Å². The molecule has 0 saturated carbocycles. The molecule has 0 aliphatic carbocycles. The maximum absolute atomic E-state index is 5.84. The molecule has 0 fully saturated rings. The molecule has 1 aromatic heterocycles. The van der Waals surface area contributed by atoms with Crippen LogP contribution < -0.4 is 15.8 Å². The number of nitrogens with one attached hydrogen (secondary N) is 1. The first kappa shape index (κ1) is 13.2. The first-order chi connectivity index (χ1) is 10.3. The van der Waals surface area contributed by atoms with Crippen LogP contribution >= 0.6 is 0 Å². The second-order valence-corrected chi connectivity index (χ2v) is 4.70. The van der Waals surface area contributed by atoms with Gasteiger partial charge in [0.15, 0.2) is 0 Å². The zero-order chi connectivity index (χ0) is 14.7. The number of methoxy groups -OCH3 is 1. The van der Waals surface area contributed by atoms with Crippen molar-refractivity contribution in [3.05, 3.63) is 54.4 Å². The molecule has 0 bridgehead atoms. The number of nitrogen functional groups attached to an aromatic ring is 1. The molecule has 0 spiro atoms. The number of nitrogens with two attached hydrogens (primary N) is 1. The lowest BCUT2D eigenvalue weighted by Gasteiger charge is -2.09. The van der Waals surface area contributed by atoms with Gasteiger partial charge in [0.2, 0.25) is 0 Å². The molecule has 0 aliphatic rings. The lowest BCUT2D eigenvalue weighted by atomic mass is 10.2. The molecule has 3 aromatic rings. The minimum absolute atomic E-state index is 0.651. The predicted molar refractivity (Wildman–Crippen MR) is 84.3 cm³/mol. The van der Waals surface area contributed by atoms with Gasteiger partial charge in [-0.1, -0.05) is 12.1 Å². The highest BCUT2D eigenvalue weighted by molar-refractivity contribution is 5.91. The third-order valence-corrected chi connectivity index (χ3v) is 3.25. The van der Waals surface area contributed by atoms with Crippen molar-refractivity contribution in [1.82, 2.24) is 9.97 Å². The zero-order valence-electron chi connectivity index (χ0n) is 11.7. The van der Waals surface area contributed by atoms with E-state index in [0.717, 1.165) is 28.0 Å². The molecular formula is C16H16N4O. The minimum Gasteiger partial charge on any atom is -0.497 e. The molecule has 5 nitrogen and oxygen atoms in total. The minimum atomic E-state index is 0.651. The van der Waals surface area contributed by atoms with Gasteiger partial charge in [0.05, 0.1) is 12.6 Å². The van der Waals surface area contributed by atoms with E-state index < -0.39 is 0 Å². The lowest BCUT2D eigenvalue weighted by molar-refractivity contribution is 0.414. The normalized spacial score (nSPS) is 10.5. The number of benzene rings is 2. The van der Waals surface area contributed by atoms with Crippen molar-refractivity contribution in [1.29, 1.82) is 0 Å². The van der Waals surface area contributed by atoms with Gasteiger partial charge in [-0.3, -0.25) is 0 Å². The molecular weight excluding hydrogens is 264 g/mol. The monoisotopic (exact) mass is 280 g/mol. The molecule has 5 heteroatoms. The number of hydrogen-bond acceptors (Lipinski definition) is 5. The average molecular weight is 280 g/mol. The SMILES string of the molecule is COc1cccc(CNc2ncnc3ccc(N)cc23)c1. The van der Waals surface area contributed by atoms with Crippen molar-refractivity contribution in [2.75, 3.05) is 18.2 Å². The van der Waals surface area contributed by atoms with E-state index in [9.17, 15) is 0 Å².